The van der Waals surface area contributed by atoms with Crippen LogP contribution in [0.25, 0.3) is 0 Å². The van der Waals surface area contributed by atoms with E-state index < -0.39 is 0 Å². The van der Waals surface area contributed by atoms with Crippen molar-refractivity contribution in [2.45, 2.75) is 13.5 Å². The zero-order valence-corrected chi connectivity index (χ0v) is 11.1. The van der Waals surface area contributed by atoms with Gasteiger partial charge in [-0.2, -0.15) is 5.26 Å². The van der Waals surface area contributed by atoms with Gasteiger partial charge in [0.05, 0.1) is 12.0 Å². The number of nitriles is 1. The van der Waals surface area contributed by atoms with Crippen LogP contribution in [0, 0.1) is 17.2 Å². The third kappa shape index (κ3) is 4.22. The van der Waals surface area contributed by atoms with Gasteiger partial charge in [0.25, 0.3) is 5.56 Å². The maximum absolute atomic E-state index is 12.0. The van der Waals surface area contributed by atoms with Crippen LogP contribution < -0.4 is 10.3 Å². The van der Waals surface area contributed by atoms with Crippen molar-refractivity contribution in [3.8, 4) is 11.8 Å². The second-order valence-corrected chi connectivity index (χ2v) is 4.51. The van der Waals surface area contributed by atoms with Crippen molar-refractivity contribution in [1.29, 1.82) is 5.26 Å². The molecule has 0 fully saturated rings. The van der Waals surface area contributed by atoms with Crippen molar-refractivity contribution < 1.29 is 4.74 Å². The lowest BCUT2D eigenvalue weighted by molar-refractivity contribution is 0.257. The smallest absolute Gasteiger partial charge is 0.292 e. The van der Waals surface area contributed by atoms with Crippen molar-refractivity contribution in [2.24, 2.45) is 5.92 Å². The van der Waals surface area contributed by atoms with Gasteiger partial charge in [-0.3, -0.25) is 4.79 Å². The topological polar surface area (TPSA) is 58.3 Å². The average molecular weight is 249 g/mol. The lowest BCUT2D eigenvalue weighted by Crippen LogP contribution is -2.26. The molecule has 1 atom stereocenters. The molecule has 1 aromatic heterocycles. The number of rotatable bonds is 6. The summed E-state index contributed by atoms with van der Waals surface area (Å²) in [6.07, 6.45) is 1.68. The summed E-state index contributed by atoms with van der Waals surface area (Å²) in [5.41, 5.74) is -0.182. The SMILES string of the molecule is CC(C#N)Cn1cccc(OCCN(C)C)c1=O. The highest BCUT2D eigenvalue weighted by molar-refractivity contribution is 5.17. The van der Waals surface area contributed by atoms with E-state index in [1.54, 1.807) is 25.3 Å². The lowest BCUT2D eigenvalue weighted by Gasteiger charge is -2.12. The molecule has 0 radical (unpaired) electrons. The summed E-state index contributed by atoms with van der Waals surface area (Å²) >= 11 is 0. The molecule has 0 saturated carbocycles. The molecule has 0 aliphatic heterocycles. The van der Waals surface area contributed by atoms with Gasteiger partial charge in [0.15, 0.2) is 5.75 Å². The fourth-order valence-electron chi connectivity index (χ4n) is 1.44. The standard InChI is InChI=1S/C13H19N3O2/c1-11(9-14)10-16-6-4-5-12(13(16)17)18-8-7-15(2)3/h4-6,11H,7-8,10H2,1-3H3. The Bertz CT molecular complexity index is 474. The molecule has 0 bridgehead atoms. The molecule has 0 aliphatic rings. The second-order valence-electron chi connectivity index (χ2n) is 4.51. The fourth-order valence-corrected chi connectivity index (χ4v) is 1.44. The van der Waals surface area contributed by atoms with E-state index in [9.17, 15) is 4.79 Å². The Morgan fingerprint density at radius 2 is 2.28 bits per heavy atom. The number of nitrogens with zero attached hydrogens (tertiary/aromatic N) is 3. The molecule has 1 unspecified atom stereocenters. The fraction of sp³-hybridized carbons (Fsp3) is 0.538. The van der Waals surface area contributed by atoms with E-state index >= 15 is 0 Å². The van der Waals surface area contributed by atoms with Crippen LogP contribution in [0.5, 0.6) is 5.75 Å². The van der Waals surface area contributed by atoms with Crippen molar-refractivity contribution >= 4 is 0 Å². The van der Waals surface area contributed by atoms with Crippen LogP contribution in [-0.4, -0.2) is 36.7 Å². The summed E-state index contributed by atoms with van der Waals surface area (Å²) in [7, 11) is 3.89. The number of hydrogen-bond donors (Lipinski definition) is 0. The predicted molar refractivity (Wildman–Crippen MR) is 69.5 cm³/mol. The molecule has 0 amide bonds. The van der Waals surface area contributed by atoms with Gasteiger partial charge in [0, 0.05) is 19.3 Å². The number of pyridine rings is 1. The van der Waals surface area contributed by atoms with E-state index in [0.29, 0.717) is 18.9 Å². The van der Waals surface area contributed by atoms with Gasteiger partial charge in [0.2, 0.25) is 0 Å². The van der Waals surface area contributed by atoms with Crippen LogP contribution in [0.3, 0.4) is 0 Å². The number of likely N-dealkylation sites (N-methyl/N-ethyl adjacent to an activating group) is 1. The summed E-state index contributed by atoms with van der Waals surface area (Å²) in [5, 5.41) is 8.76. The predicted octanol–water partition coefficient (Wildman–Crippen LogP) is 0.948. The third-order valence-electron chi connectivity index (χ3n) is 2.47. The van der Waals surface area contributed by atoms with E-state index in [-0.39, 0.29) is 11.5 Å². The normalized spacial score (nSPS) is 12.2. The molecule has 0 aromatic carbocycles. The maximum atomic E-state index is 12.0. The lowest BCUT2D eigenvalue weighted by atomic mass is 10.2. The summed E-state index contributed by atoms with van der Waals surface area (Å²) in [4.78, 5) is 14.0. The van der Waals surface area contributed by atoms with Crippen LogP contribution in [0.1, 0.15) is 6.92 Å². The van der Waals surface area contributed by atoms with Gasteiger partial charge in [0.1, 0.15) is 6.61 Å². The van der Waals surface area contributed by atoms with E-state index in [0.717, 1.165) is 6.54 Å². The first kappa shape index (κ1) is 14.3. The van der Waals surface area contributed by atoms with Crippen LogP contribution in [0.2, 0.25) is 0 Å². The average Bonchev–Trinajstić information content (AvgIpc) is 2.33. The first-order chi connectivity index (χ1) is 8.54. The molecule has 0 N–H and O–H groups in total. The summed E-state index contributed by atoms with van der Waals surface area (Å²) in [6.45, 7) is 3.40. The first-order valence-corrected chi connectivity index (χ1v) is 5.91. The van der Waals surface area contributed by atoms with Gasteiger partial charge >= 0.3 is 0 Å². The Morgan fingerprint density at radius 1 is 1.56 bits per heavy atom. The Balaban J connectivity index is 2.73. The monoisotopic (exact) mass is 249 g/mol. The zero-order chi connectivity index (χ0) is 13.5. The molecule has 5 heteroatoms. The maximum Gasteiger partial charge on any atom is 0.292 e. The van der Waals surface area contributed by atoms with E-state index in [2.05, 4.69) is 6.07 Å². The molecular weight excluding hydrogens is 230 g/mol. The van der Waals surface area contributed by atoms with Crippen LogP contribution in [0.4, 0.5) is 0 Å². The molecule has 1 heterocycles. The van der Waals surface area contributed by atoms with Crippen molar-refractivity contribution in [2.75, 3.05) is 27.2 Å². The largest absolute Gasteiger partial charge is 0.487 e. The minimum absolute atomic E-state index is 0.182. The van der Waals surface area contributed by atoms with Gasteiger partial charge in [-0.1, -0.05) is 0 Å². The zero-order valence-electron chi connectivity index (χ0n) is 11.1. The number of ether oxygens (including phenoxy) is 1. The highest BCUT2D eigenvalue weighted by Crippen LogP contribution is 2.04. The van der Waals surface area contributed by atoms with Crippen molar-refractivity contribution in [3.63, 3.8) is 0 Å². The Hall–Kier alpha value is -1.80. The van der Waals surface area contributed by atoms with Crippen molar-refractivity contribution in [1.82, 2.24) is 9.47 Å². The van der Waals surface area contributed by atoms with E-state index in [4.69, 9.17) is 10.00 Å². The van der Waals surface area contributed by atoms with E-state index in [1.807, 2.05) is 19.0 Å². The molecular formula is C13H19N3O2. The molecule has 18 heavy (non-hydrogen) atoms. The Labute approximate surface area is 107 Å². The van der Waals surface area contributed by atoms with Crippen LogP contribution >= 0.6 is 0 Å². The molecule has 1 aromatic rings. The van der Waals surface area contributed by atoms with Gasteiger partial charge in [-0.05, 0) is 33.2 Å². The summed E-state index contributed by atoms with van der Waals surface area (Å²) in [5.74, 6) is 0.143. The first-order valence-electron chi connectivity index (χ1n) is 5.91. The van der Waals surface area contributed by atoms with Crippen LogP contribution in [-0.2, 0) is 6.54 Å². The molecule has 0 aliphatic carbocycles. The van der Waals surface area contributed by atoms with Gasteiger partial charge in [-0.25, -0.2) is 0 Å². The minimum atomic E-state index is -0.195. The molecule has 98 valence electrons. The molecule has 0 spiro atoms. The highest BCUT2D eigenvalue weighted by Gasteiger charge is 2.07. The Morgan fingerprint density at radius 3 is 2.89 bits per heavy atom. The third-order valence-corrected chi connectivity index (χ3v) is 2.47. The summed E-state index contributed by atoms with van der Waals surface area (Å²) < 4.78 is 6.96. The van der Waals surface area contributed by atoms with Crippen molar-refractivity contribution in [3.05, 3.63) is 28.7 Å². The summed E-state index contributed by atoms with van der Waals surface area (Å²) in [6, 6.07) is 5.53. The molecule has 5 nitrogen and oxygen atoms in total. The number of hydrogen-bond acceptors (Lipinski definition) is 4. The van der Waals surface area contributed by atoms with Crippen LogP contribution in [0.15, 0.2) is 23.1 Å². The van der Waals surface area contributed by atoms with E-state index in [1.165, 1.54) is 4.57 Å². The Kier molecular flexibility index (Phi) is 5.40. The van der Waals surface area contributed by atoms with Gasteiger partial charge in [-0.15, -0.1) is 0 Å². The molecule has 0 saturated heterocycles. The number of aromatic nitrogens is 1. The molecule has 1 rings (SSSR count). The quantitative estimate of drug-likeness (QED) is 0.753. The highest BCUT2D eigenvalue weighted by atomic mass is 16.5. The minimum Gasteiger partial charge on any atom is -0.487 e. The second kappa shape index (κ2) is 6.82. The van der Waals surface area contributed by atoms with Gasteiger partial charge < -0.3 is 14.2 Å².